The fourth-order valence-electron chi connectivity index (χ4n) is 4.06. The molecule has 150 valence electrons. The van der Waals surface area contributed by atoms with Gasteiger partial charge >= 0.3 is 5.97 Å². The Morgan fingerprint density at radius 1 is 1.14 bits per heavy atom. The monoisotopic (exact) mass is 381 g/mol. The molecule has 0 radical (unpaired) electrons. The highest BCUT2D eigenvalue weighted by molar-refractivity contribution is 5.70. The molecule has 0 bridgehead atoms. The molecule has 0 saturated carbocycles. The van der Waals surface area contributed by atoms with Gasteiger partial charge in [-0.2, -0.15) is 0 Å². The third kappa shape index (κ3) is 5.91. The summed E-state index contributed by atoms with van der Waals surface area (Å²) in [6.07, 6.45) is 2.69. The molecule has 0 spiro atoms. The maximum absolute atomic E-state index is 11.2. The zero-order valence-corrected chi connectivity index (χ0v) is 16.7. The number of carboxylic acids is 1. The smallest absolute Gasteiger partial charge is 0.307 e. The lowest BCUT2D eigenvalue weighted by Gasteiger charge is -2.30. The molecule has 1 aliphatic rings. The van der Waals surface area contributed by atoms with E-state index in [1.165, 1.54) is 16.7 Å². The average Bonchev–Trinajstić information content (AvgIpc) is 2.71. The van der Waals surface area contributed by atoms with Crippen molar-refractivity contribution in [2.75, 3.05) is 32.8 Å². The van der Waals surface area contributed by atoms with Gasteiger partial charge in [0.05, 0.1) is 12.5 Å². The highest BCUT2D eigenvalue weighted by Crippen LogP contribution is 2.28. The molecule has 1 N–H and O–H groups in total. The van der Waals surface area contributed by atoms with Gasteiger partial charge in [-0.25, -0.2) is 0 Å². The van der Waals surface area contributed by atoms with E-state index in [0.717, 1.165) is 32.4 Å². The maximum atomic E-state index is 11.2. The lowest BCUT2D eigenvalue weighted by molar-refractivity contribution is -0.143. The Balaban J connectivity index is 1.50. The Morgan fingerprint density at radius 3 is 2.68 bits per heavy atom. The van der Waals surface area contributed by atoms with E-state index in [-0.39, 0.29) is 5.92 Å². The Morgan fingerprint density at radius 2 is 1.93 bits per heavy atom. The Kier molecular flexibility index (Phi) is 7.63. The summed E-state index contributed by atoms with van der Waals surface area (Å²) in [5.74, 6) is -0.570. The van der Waals surface area contributed by atoms with Crippen LogP contribution >= 0.6 is 0 Å². The van der Waals surface area contributed by atoms with Crippen molar-refractivity contribution in [1.82, 2.24) is 4.90 Å². The second-order valence-electron chi connectivity index (χ2n) is 7.76. The van der Waals surface area contributed by atoms with Crippen molar-refractivity contribution in [3.05, 3.63) is 71.3 Å². The van der Waals surface area contributed by atoms with E-state index in [4.69, 9.17) is 4.74 Å². The lowest BCUT2D eigenvalue weighted by atomic mass is 9.88. The van der Waals surface area contributed by atoms with Crippen LogP contribution in [0.5, 0.6) is 0 Å². The van der Waals surface area contributed by atoms with E-state index < -0.39 is 5.97 Å². The Hall–Kier alpha value is -2.17. The molecule has 1 fully saturated rings. The van der Waals surface area contributed by atoms with E-state index >= 15 is 0 Å². The van der Waals surface area contributed by atoms with Crippen molar-refractivity contribution in [2.45, 2.75) is 32.1 Å². The lowest BCUT2D eigenvalue weighted by Crippen LogP contribution is -2.40. The summed E-state index contributed by atoms with van der Waals surface area (Å²) in [4.78, 5) is 13.4. The first kappa shape index (κ1) is 20.6. The van der Waals surface area contributed by atoms with E-state index in [1.807, 2.05) is 0 Å². The molecule has 2 aromatic carbocycles. The molecule has 1 unspecified atom stereocenters. The molecule has 1 aliphatic heterocycles. The third-order valence-electron chi connectivity index (χ3n) is 5.60. The molecular formula is C24H31NO3. The standard InChI is InChI=1S/C24H31NO3/c1-19-7-5-10-21(17-19)23(20-8-3-2-4-9-20)12-15-28-16-14-25-13-6-11-22(18-25)24(26)27/h2-5,7-10,17,22-23H,6,11-16,18H2,1H3,(H,26,27)/t22-,23?/m1/s1. The molecule has 4 heteroatoms. The molecule has 4 nitrogen and oxygen atoms in total. The van der Waals surface area contributed by atoms with Gasteiger partial charge in [0, 0.05) is 25.6 Å². The fraction of sp³-hybridized carbons (Fsp3) is 0.458. The summed E-state index contributed by atoms with van der Waals surface area (Å²) in [5.41, 5.74) is 3.92. The highest BCUT2D eigenvalue weighted by Gasteiger charge is 2.24. The maximum Gasteiger partial charge on any atom is 0.307 e. The number of rotatable bonds is 9. The number of hydrogen-bond donors (Lipinski definition) is 1. The molecular weight excluding hydrogens is 350 g/mol. The quantitative estimate of drug-likeness (QED) is 0.657. The molecule has 2 atom stereocenters. The largest absolute Gasteiger partial charge is 0.481 e. The minimum Gasteiger partial charge on any atom is -0.481 e. The molecule has 2 aromatic rings. The van der Waals surface area contributed by atoms with Gasteiger partial charge in [-0.1, -0.05) is 60.2 Å². The van der Waals surface area contributed by atoms with Crippen LogP contribution in [0.15, 0.2) is 54.6 Å². The van der Waals surface area contributed by atoms with Gasteiger partial charge in [0.1, 0.15) is 0 Å². The van der Waals surface area contributed by atoms with E-state index in [9.17, 15) is 9.90 Å². The van der Waals surface area contributed by atoms with Crippen molar-refractivity contribution in [3.8, 4) is 0 Å². The second kappa shape index (κ2) is 10.4. The summed E-state index contributed by atoms with van der Waals surface area (Å²) in [6, 6.07) is 19.3. The highest BCUT2D eigenvalue weighted by atomic mass is 16.5. The fourth-order valence-corrected chi connectivity index (χ4v) is 4.06. The first-order chi connectivity index (χ1) is 13.6. The van der Waals surface area contributed by atoms with Crippen molar-refractivity contribution < 1.29 is 14.6 Å². The van der Waals surface area contributed by atoms with Crippen LogP contribution in [0, 0.1) is 12.8 Å². The van der Waals surface area contributed by atoms with Gasteiger partial charge in [-0.05, 0) is 43.9 Å². The Bertz CT molecular complexity index is 747. The molecule has 0 aliphatic carbocycles. The number of nitrogens with zero attached hydrogens (tertiary/aromatic N) is 1. The van der Waals surface area contributed by atoms with Crippen LogP contribution in [0.25, 0.3) is 0 Å². The van der Waals surface area contributed by atoms with E-state index in [1.54, 1.807) is 0 Å². The Labute approximate surface area is 168 Å². The second-order valence-corrected chi connectivity index (χ2v) is 7.76. The minimum atomic E-state index is -0.672. The zero-order chi connectivity index (χ0) is 19.8. The van der Waals surface area contributed by atoms with Gasteiger partial charge < -0.3 is 14.7 Å². The van der Waals surface area contributed by atoms with Crippen LogP contribution in [-0.4, -0.2) is 48.8 Å². The molecule has 3 rings (SSSR count). The van der Waals surface area contributed by atoms with Crippen LogP contribution in [0.2, 0.25) is 0 Å². The SMILES string of the molecule is Cc1cccc(C(CCOCCN2CCC[C@@H](C(=O)O)C2)c2ccccc2)c1. The van der Waals surface area contributed by atoms with Gasteiger partial charge in [0.15, 0.2) is 0 Å². The summed E-state index contributed by atoms with van der Waals surface area (Å²) >= 11 is 0. The van der Waals surface area contributed by atoms with E-state index in [0.29, 0.717) is 25.7 Å². The summed E-state index contributed by atoms with van der Waals surface area (Å²) in [6.45, 7) is 5.92. The van der Waals surface area contributed by atoms with Gasteiger partial charge in [-0.3, -0.25) is 4.79 Å². The summed E-state index contributed by atoms with van der Waals surface area (Å²) in [5, 5.41) is 9.20. The van der Waals surface area contributed by atoms with Crippen molar-refractivity contribution in [1.29, 1.82) is 0 Å². The van der Waals surface area contributed by atoms with Crippen LogP contribution in [0.4, 0.5) is 0 Å². The normalized spacial score (nSPS) is 18.7. The van der Waals surface area contributed by atoms with Crippen molar-refractivity contribution in [3.63, 3.8) is 0 Å². The third-order valence-corrected chi connectivity index (χ3v) is 5.60. The number of likely N-dealkylation sites (tertiary alicyclic amines) is 1. The average molecular weight is 382 g/mol. The molecule has 0 amide bonds. The predicted molar refractivity (Wildman–Crippen MR) is 112 cm³/mol. The number of ether oxygens (including phenoxy) is 1. The van der Waals surface area contributed by atoms with Gasteiger partial charge in [0.2, 0.25) is 0 Å². The van der Waals surface area contributed by atoms with Crippen molar-refractivity contribution >= 4 is 5.97 Å². The molecule has 0 aromatic heterocycles. The first-order valence-electron chi connectivity index (χ1n) is 10.3. The summed E-state index contributed by atoms with van der Waals surface area (Å²) < 4.78 is 5.95. The van der Waals surface area contributed by atoms with Gasteiger partial charge in [-0.15, -0.1) is 0 Å². The predicted octanol–water partition coefficient (Wildman–Crippen LogP) is 4.33. The molecule has 1 heterocycles. The van der Waals surface area contributed by atoms with Gasteiger partial charge in [0.25, 0.3) is 0 Å². The number of aliphatic carboxylic acids is 1. The number of hydrogen-bond acceptors (Lipinski definition) is 3. The van der Waals surface area contributed by atoms with Crippen LogP contribution in [-0.2, 0) is 9.53 Å². The van der Waals surface area contributed by atoms with Crippen LogP contribution < -0.4 is 0 Å². The van der Waals surface area contributed by atoms with Crippen LogP contribution in [0.1, 0.15) is 41.9 Å². The zero-order valence-electron chi connectivity index (χ0n) is 16.7. The number of carbonyl (C=O) groups is 1. The summed E-state index contributed by atoms with van der Waals surface area (Å²) in [7, 11) is 0. The number of carboxylic acid groups (broad SMARTS) is 1. The molecule has 28 heavy (non-hydrogen) atoms. The minimum absolute atomic E-state index is 0.225. The molecule has 1 saturated heterocycles. The number of benzene rings is 2. The number of aryl methyl sites for hydroxylation is 1. The number of piperidine rings is 1. The topological polar surface area (TPSA) is 49.8 Å². The van der Waals surface area contributed by atoms with E-state index in [2.05, 4.69) is 66.4 Å². The van der Waals surface area contributed by atoms with Crippen molar-refractivity contribution in [2.24, 2.45) is 5.92 Å². The van der Waals surface area contributed by atoms with Crippen LogP contribution in [0.3, 0.4) is 0 Å². The first-order valence-corrected chi connectivity index (χ1v) is 10.3.